The number of carbonyl (C=O) groups excluding carboxylic acids is 4. The molecule has 0 unspecified atom stereocenters. The highest BCUT2D eigenvalue weighted by atomic mass is 35.5. The Morgan fingerprint density at radius 3 is 1.23 bits per heavy atom. The lowest BCUT2D eigenvalue weighted by molar-refractivity contribution is -0.342. The van der Waals surface area contributed by atoms with Gasteiger partial charge in [0.2, 0.25) is 6.29 Å². The predicted octanol–water partition coefficient (Wildman–Crippen LogP) is 10.8. The van der Waals surface area contributed by atoms with Crippen molar-refractivity contribution in [3.63, 3.8) is 0 Å². The third kappa shape index (κ3) is 12.6. The molecule has 11 rings (SSSR count). The minimum atomic E-state index is -1.76. The monoisotopic (exact) mass is 1200 g/mol. The van der Waals surface area contributed by atoms with E-state index in [1.807, 2.05) is 121 Å². The Morgan fingerprint density at radius 1 is 0.446 bits per heavy atom. The summed E-state index contributed by atoms with van der Waals surface area (Å²) in [6.07, 6.45) is -11.8. The van der Waals surface area contributed by atoms with Crippen LogP contribution in [0.5, 0.6) is 11.5 Å². The SMILES string of the molecule is COc1ccc(O[C@@H]2O[C@H](COCc3ccccc3)[C@@H](O[C@@H]3O[C@H](COCc4ccccc4)[C@@H](O)[C@H](OCc4ccccc4)[C@H]3N3C(=O)c4cc(Cl)c(Cl)cc4C3=O)[C@H](OCc3ccccc3)[C@H]2N2C(=O)c3cc(Cl)c(Cl)cc3C2=O)cc1. The zero-order chi connectivity index (χ0) is 57.7. The van der Waals surface area contributed by atoms with Crippen LogP contribution >= 0.6 is 46.4 Å². The lowest BCUT2D eigenvalue weighted by Gasteiger charge is -2.51. The number of hydrogen-bond donors (Lipinski definition) is 1. The van der Waals surface area contributed by atoms with Gasteiger partial charge in [-0.1, -0.05) is 168 Å². The number of halogens is 4. The van der Waals surface area contributed by atoms with Crippen LogP contribution in [0.1, 0.15) is 63.7 Å². The Labute approximate surface area is 498 Å². The highest BCUT2D eigenvalue weighted by Crippen LogP contribution is 2.43. The zero-order valence-corrected chi connectivity index (χ0v) is 47.4. The summed E-state index contributed by atoms with van der Waals surface area (Å²) in [4.78, 5) is 62.2. The molecule has 4 heterocycles. The van der Waals surface area contributed by atoms with Crippen LogP contribution < -0.4 is 9.47 Å². The molecule has 0 radical (unpaired) electrons. The first kappa shape index (κ1) is 58.1. The maximum atomic E-state index is 15.1. The molecule has 4 aliphatic heterocycles. The van der Waals surface area contributed by atoms with E-state index in [2.05, 4.69) is 0 Å². The molecular weight excluding hydrogens is 1150 g/mol. The third-order valence-corrected chi connectivity index (χ3v) is 16.2. The van der Waals surface area contributed by atoms with Crippen LogP contribution in [-0.2, 0) is 59.6 Å². The molecule has 1 N–H and O–H groups in total. The first-order valence-corrected chi connectivity index (χ1v) is 28.1. The van der Waals surface area contributed by atoms with Crippen molar-refractivity contribution in [1.29, 1.82) is 0 Å². The second-order valence-electron chi connectivity index (χ2n) is 20.1. The van der Waals surface area contributed by atoms with Gasteiger partial charge in [-0.05, 0) is 70.8 Å². The second kappa shape index (κ2) is 26.0. The number of fused-ring (bicyclic) bond motifs is 2. The van der Waals surface area contributed by atoms with Crippen LogP contribution in [0.3, 0.4) is 0 Å². The summed E-state index contributed by atoms with van der Waals surface area (Å²) in [5.74, 6) is -2.44. The van der Waals surface area contributed by atoms with Crippen molar-refractivity contribution in [2.45, 2.75) is 87.7 Å². The average Bonchev–Trinajstić information content (AvgIpc) is 4.00. The Bertz CT molecular complexity index is 3360. The molecule has 20 heteroatoms. The van der Waals surface area contributed by atoms with E-state index in [0.717, 1.165) is 20.9 Å². The number of imide groups is 2. The van der Waals surface area contributed by atoms with Crippen LogP contribution in [0.2, 0.25) is 20.1 Å². The maximum absolute atomic E-state index is 15.1. The minimum absolute atomic E-state index is 0.0138. The number of benzene rings is 7. The molecule has 16 nitrogen and oxygen atoms in total. The number of aliphatic hydroxyl groups excluding tert-OH is 1. The molecule has 7 aromatic carbocycles. The van der Waals surface area contributed by atoms with Crippen molar-refractivity contribution in [3.8, 4) is 11.5 Å². The van der Waals surface area contributed by atoms with E-state index in [1.54, 1.807) is 24.3 Å². The number of ether oxygens (including phenoxy) is 9. The number of methoxy groups -OCH3 is 1. The molecule has 428 valence electrons. The normalized spacial score (nSPS) is 24.0. The van der Waals surface area contributed by atoms with Crippen molar-refractivity contribution in [2.75, 3.05) is 20.3 Å². The molecule has 10 atom stereocenters. The van der Waals surface area contributed by atoms with Crippen LogP contribution in [-0.4, -0.2) is 120 Å². The predicted molar refractivity (Wildman–Crippen MR) is 306 cm³/mol. The molecule has 83 heavy (non-hydrogen) atoms. The molecule has 4 aliphatic rings. The van der Waals surface area contributed by atoms with Crippen molar-refractivity contribution in [2.24, 2.45) is 0 Å². The van der Waals surface area contributed by atoms with Gasteiger partial charge in [-0.25, -0.2) is 0 Å². The van der Waals surface area contributed by atoms with E-state index < -0.39 is 84.9 Å². The number of aliphatic hydroxyl groups is 1. The van der Waals surface area contributed by atoms with Gasteiger partial charge in [-0.2, -0.15) is 0 Å². The largest absolute Gasteiger partial charge is 0.497 e. The molecule has 0 bridgehead atoms. The summed E-state index contributed by atoms with van der Waals surface area (Å²) in [5.41, 5.74) is 2.78. The molecule has 2 saturated heterocycles. The van der Waals surface area contributed by atoms with Gasteiger partial charge in [-0.15, -0.1) is 0 Å². The lowest BCUT2D eigenvalue weighted by atomic mass is 9.92. The van der Waals surface area contributed by atoms with E-state index in [9.17, 15) is 5.11 Å². The summed E-state index contributed by atoms with van der Waals surface area (Å²) in [7, 11) is 1.52. The fourth-order valence-corrected chi connectivity index (χ4v) is 11.3. The van der Waals surface area contributed by atoms with Gasteiger partial charge in [0.1, 0.15) is 60.2 Å². The Balaban J connectivity index is 1.07. The van der Waals surface area contributed by atoms with Gasteiger partial charge >= 0.3 is 0 Å². The number of carbonyl (C=O) groups is 4. The topological polar surface area (TPSA) is 178 Å². The zero-order valence-electron chi connectivity index (χ0n) is 44.3. The van der Waals surface area contributed by atoms with Crippen molar-refractivity contribution < 1.29 is 66.9 Å². The van der Waals surface area contributed by atoms with Crippen LogP contribution in [0, 0.1) is 0 Å². The van der Waals surface area contributed by atoms with Crippen molar-refractivity contribution in [3.05, 3.63) is 234 Å². The van der Waals surface area contributed by atoms with E-state index in [1.165, 1.54) is 31.4 Å². The van der Waals surface area contributed by atoms with Crippen molar-refractivity contribution >= 4 is 70.0 Å². The third-order valence-electron chi connectivity index (χ3n) is 14.7. The fraction of sp³-hybridized carbons (Fsp3) is 0.270. The molecule has 0 saturated carbocycles. The fourth-order valence-electron chi connectivity index (χ4n) is 10.6. The van der Waals surface area contributed by atoms with Gasteiger partial charge in [0.05, 0.1) is 89.1 Å². The molecule has 7 aromatic rings. The Morgan fingerprint density at radius 2 is 0.807 bits per heavy atom. The first-order valence-electron chi connectivity index (χ1n) is 26.6. The average molecular weight is 1200 g/mol. The Kier molecular flexibility index (Phi) is 18.2. The van der Waals surface area contributed by atoms with Gasteiger partial charge in [0, 0.05) is 0 Å². The molecule has 2 fully saturated rings. The van der Waals surface area contributed by atoms with Gasteiger partial charge < -0.3 is 47.7 Å². The molecule has 0 aliphatic carbocycles. The number of rotatable bonds is 21. The first-order chi connectivity index (χ1) is 40.3. The van der Waals surface area contributed by atoms with E-state index in [-0.39, 0.29) is 87.7 Å². The smallest absolute Gasteiger partial charge is 0.262 e. The highest BCUT2D eigenvalue weighted by Gasteiger charge is 2.60. The molecule has 0 aromatic heterocycles. The molecule has 0 spiro atoms. The van der Waals surface area contributed by atoms with Gasteiger partial charge in [0.15, 0.2) is 6.29 Å². The minimum Gasteiger partial charge on any atom is -0.497 e. The molecule has 4 amide bonds. The summed E-state index contributed by atoms with van der Waals surface area (Å²) in [6.45, 7) is -0.563. The standard InChI is InChI=1S/C63H54Cl4N2O14/c1-75-40-22-24-41(25-23-40)80-62-53(69-60(73)44-28-48(66)49(67)29-45(44)61(69)74)57(79-33-39-20-12-5-13-21-39)55(51(82-62)35-77-31-37-16-8-3-9-17-37)83-63-52(68-58(71)42-26-46(64)47(65)27-43(42)59(68)72)56(78-32-38-18-10-4-11-19-38)54(70)50(81-63)34-76-30-36-14-6-2-7-15-36/h2-29,50-57,62-63,70H,30-35H2,1H3/t50-,51-,52-,53-,54-,55-,56-,57-,62-,63+/m1/s1. The van der Waals surface area contributed by atoms with Crippen LogP contribution in [0.25, 0.3) is 0 Å². The second-order valence-corrected chi connectivity index (χ2v) is 21.7. The van der Waals surface area contributed by atoms with E-state index >= 15 is 19.2 Å². The highest BCUT2D eigenvalue weighted by molar-refractivity contribution is 6.43. The summed E-state index contributed by atoms with van der Waals surface area (Å²) in [5, 5.41) is 12.8. The van der Waals surface area contributed by atoms with E-state index in [4.69, 9.17) is 89.0 Å². The number of hydrogen-bond acceptors (Lipinski definition) is 14. The summed E-state index contributed by atoms with van der Waals surface area (Å²) in [6, 6.07) is 45.7. The lowest BCUT2D eigenvalue weighted by Crippen LogP contribution is -2.71. The van der Waals surface area contributed by atoms with Crippen LogP contribution in [0.4, 0.5) is 0 Å². The number of nitrogens with zero attached hydrogens (tertiary/aromatic N) is 2. The van der Waals surface area contributed by atoms with E-state index in [0.29, 0.717) is 16.9 Å². The quantitative estimate of drug-likeness (QED) is 0.0672. The molecular formula is C63H54Cl4N2O14. The summed E-state index contributed by atoms with van der Waals surface area (Å²) < 4.78 is 60.1. The van der Waals surface area contributed by atoms with Gasteiger partial charge in [-0.3, -0.25) is 29.0 Å². The summed E-state index contributed by atoms with van der Waals surface area (Å²) >= 11 is 26.1. The number of amides is 4. The Hall–Kier alpha value is -6.74. The maximum Gasteiger partial charge on any atom is 0.262 e. The van der Waals surface area contributed by atoms with Gasteiger partial charge in [0.25, 0.3) is 23.6 Å². The van der Waals surface area contributed by atoms with Crippen molar-refractivity contribution in [1.82, 2.24) is 9.80 Å². The van der Waals surface area contributed by atoms with Crippen LogP contribution in [0.15, 0.2) is 170 Å².